The molecule has 1 aliphatic rings. The van der Waals surface area contributed by atoms with E-state index in [0.717, 1.165) is 6.07 Å². The minimum Gasteiger partial charge on any atom is -0.429 e. The predicted octanol–water partition coefficient (Wildman–Crippen LogP) is 6.98. The number of carbonyl (C=O) groups excluding carboxylic acids is 1. The highest BCUT2D eigenvalue weighted by Crippen LogP contribution is 2.53. The lowest BCUT2D eigenvalue weighted by atomic mass is 9.63. The summed E-state index contributed by atoms with van der Waals surface area (Å²) in [5.41, 5.74) is -1.05. The van der Waals surface area contributed by atoms with Crippen LogP contribution in [0.1, 0.15) is 44.2 Å². The molecule has 0 spiro atoms. The van der Waals surface area contributed by atoms with Crippen LogP contribution in [0, 0.1) is 28.4 Å². The lowest BCUT2D eigenvalue weighted by Gasteiger charge is -2.37. The van der Waals surface area contributed by atoms with Crippen molar-refractivity contribution in [2.75, 3.05) is 5.32 Å². The van der Waals surface area contributed by atoms with Crippen molar-refractivity contribution in [3.05, 3.63) is 93.5 Å². The Morgan fingerprint density at radius 2 is 1.88 bits per heavy atom. The average Bonchev–Trinajstić information content (AvgIpc) is 3.57. The van der Waals surface area contributed by atoms with Crippen molar-refractivity contribution in [3.63, 3.8) is 0 Å². The van der Waals surface area contributed by atoms with Gasteiger partial charge in [-0.05, 0) is 65.1 Å². The van der Waals surface area contributed by atoms with Gasteiger partial charge >= 0.3 is 6.09 Å². The Morgan fingerprint density at radius 3 is 2.51 bits per heavy atom. The number of hydrogen-bond donors (Lipinski definition) is 3. The van der Waals surface area contributed by atoms with E-state index >= 15 is 8.78 Å². The van der Waals surface area contributed by atoms with E-state index < -0.39 is 41.3 Å². The molecule has 1 aliphatic heterocycles. The van der Waals surface area contributed by atoms with E-state index in [1.54, 1.807) is 24.3 Å². The number of nitrogens with one attached hydrogen (secondary N) is 3. The Bertz CT molecular complexity index is 1670. The molecule has 9 nitrogen and oxygen atoms in total. The van der Waals surface area contributed by atoms with Crippen molar-refractivity contribution in [2.45, 2.75) is 50.8 Å². The number of anilines is 1. The number of carbonyl (C=O) groups is 1. The van der Waals surface area contributed by atoms with Gasteiger partial charge in [-0.25, -0.2) is 13.6 Å². The van der Waals surface area contributed by atoms with Gasteiger partial charge in [-0.1, -0.05) is 62.2 Å². The molecular weight excluding hydrogens is 599 g/mol. The van der Waals surface area contributed by atoms with Gasteiger partial charge in [0, 0.05) is 27.9 Å². The number of amides is 1. The third-order valence-electron chi connectivity index (χ3n) is 7.37. The van der Waals surface area contributed by atoms with Gasteiger partial charge in [0.15, 0.2) is 6.23 Å². The van der Waals surface area contributed by atoms with Gasteiger partial charge in [0.2, 0.25) is 5.82 Å². The number of nitrogens with zero attached hydrogens (tertiary/aromatic N) is 4. The van der Waals surface area contributed by atoms with Gasteiger partial charge in [-0.2, -0.15) is 10.5 Å². The maximum atomic E-state index is 15.7. The van der Waals surface area contributed by atoms with Crippen LogP contribution in [-0.4, -0.2) is 39.0 Å². The summed E-state index contributed by atoms with van der Waals surface area (Å²) in [4.78, 5) is 13.2. The summed E-state index contributed by atoms with van der Waals surface area (Å²) < 4.78 is 37.3. The number of aromatic nitrogens is 4. The Kier molecular flexibility index (Phi) is 8.38. The number of tetrazole rings is 1. The second-order valence-corrected chi connectivity index (χ2v) is 12.3. The first-order valence-electron chi connectivity index (χ1n) is 13.3. The van der Waals surface area contributed by atoms with Gasteiger partial charge in [0.05, 0.1) is 17.0 Å². The molecule has 1 aromatic heterocycles. The smallest absolute Gasteiger partial charge is 0.413 e. The van der Waals surface area contributed by atoms with Crippen LogP contribution >= 0.6 is 23.2 Å². The van der Waals surface area contributed by atoms with Crippen molar-refractivity contribution in [3.8, 4) is 17.5 Å². The van der Waals surface area contributed by atoms with Crippen LogP contribution in [0.2, 0.25) is 10.0 Å². The van der Waals surface area contributed by atoms with Crippen LogP contribution in [0.3, 0.4) is 0 Å². The van der Waals surface area contributed by atoms with Crippen LogP contribution in [-0.2, 0) is 10.2 Å². The SMILES string of the molecule is CC(C)(C)C[C@H]1N[C@@H](OC(=O)Nc2ccc(-c3nn[nH]n3)cc2)[C@@H](c2cccc(Cl)c2F)[C@]1(C#N)c1ccc(Cl)cc1F. The lowest BCUT2D eigenvalue weighted by molar-refractivity contribution is 0.0851. The number of rotatable bonds is 6. The molecule has 2 heterocycles. The van der Waals surface area contributed by atoms with Crippen molar-refractivity contribution in [2.24, 2.45) is 5.41 Å². The first kappa shape index (κ1) is 30.4. The van der Waals surface area contributed by atoms with E-state index in [2.05, 4.69) is 37.3 Å². The molecule has 1 amide bonds. The summed E-state index contributed by atoms with van der Waals surface area (Å²) in [6, 6.07) is 16.5. The van der Waals surface area contributed by atoms with Gasteiger partial charge < -0.3 is 4.74 Å². The molecule has 3 N–H and O–H groups in total. The lowest BCUT2D eigenvalue weighted by Crippen LogP contribution is -2.44. The molecule has 0 aliphatic carbocycles. The normalized spacial score (nSPS) is 21.8. The number of H-pyrrole nitrogens is 1. The van der Waals surface area contributed by atoms with Crippen molar-refractivity contribution < 1.29 is 18.3 Å². The number of nitriles is 1. The zero-order chi connectivity index (χ0) is 30.9. The summed E-state index contributed by atoms with van der Waals surface area (Å²) in [6.07, 6.45) is -1.79. The maximum Gasteiger partial charge on any atom is 0.413 e. The number of halogens is 4. The van der Waals surface area contributed by atoms with Crippen LogP contribution < -0.4 is 10.6 Å². The van der Waals surface area contributed by atoms with Crippen LogP contribution in [0.15, 0.2) is 60.7 Å². The topological polar surface area (TPSA) is 129 Å². The van der Waals surface area contributed by atoms with E-state index in [1.165, 1.54) is 30.3 Å². The Balaban J connectivity index is 1.56. The molecule has 13 heteroatoms. The molecule has 4 atom stereocenters. The summed E-state index contributed by atoms with van der Waals surface area (Å²) in [6.45, 7) is 5.88. The number of aromatic amines is 1. The Hall–Kier alpha value is -4.11. The second-order valence-electron chi connectivity index (χ2n) is 11.5. The molecule has 43 heavy (non-hydrogen) atoms. The third kappa shape index (κ3) is 6.04. The molecule has 0 saturated carbocycles. The molecule has 3 aromatic carbocycles. The first-order valence-corrected chi connectivity index (χ1v) is 14.1. The molecule has 0 unspecified atom stereocenters. The van der Waals surface area contributed by atoms with Gasteiger partial charge in [-0.15, -0.1) is 10.2 Å². The van der Waals surface area contributed by atoms with Crippen molar-refractivity contribution in [1.29, 1.82) is 5.26 Å². The fourth-order valence-corrected chi connectivity index (χ4v) is 5.96. The van der Waals surface area contributed by atoms with Crippen molar-refractivity contribution in [1.82, 2.24) is 25.9 Å². The highest BCUT2D eigenvalue weighted by atomic mass is 35.5. The zero-order valence-electron chi connectivity index (χ0n) is 23.3. The van der Waals surface area contributed by atoms with E-state index in [1.807, 2.05) is 20.8 Å². The predicted molar refractivity (Wildman–Crippen MR) is 157 cm³/mol. The Labute approximate surface area is 256 Å². The molecule has 0 radical (unpaired) electrons. The summed E-state index contributed by atoms with van der Waals surface area (Å²) >= 11 is 12.2. The summed E-state index contributed by atoms with van der Waals surface area (Å²) in [5.74, 6) is -2.37. The van der Waals surface area contributed by atoms with Crippen molar-refractivity contribution >= 4 is 35.0 Å². The third-order valence-corrected chi connectivity index (χ3v) is 7.90. The van der Waals surface area contributed by atoms with Crippen LogP contribution in [0.25, 0.3) is 11.4 Å². The quantitative estimate of drug-likeness (QED) is 0.211. The highest BCUT2D eigenvalue weighted by Gasteiger charge is 2.61. The van der Waals surface area contributed by atoms with Gasteiger partial charge in [0.25, 0.3) is 0 Å². The van der Waals surface area contributed by atoms with E-state index in [9.17, 15) is 10.1 Å². The highest BCUT2D eigenvalue weighted by molar-refractivity contribution is 6.31. The maximum absolute atomic E-state index is 15.7. The molecule has 1 saturated heterocycles. The largest absolute Gasteiger partial charge is 0.429 e. The van der Waals surface area contributed by atoms with Crippen LogP contribution in [0.4, 0.5) is 19.3 Å². The zero-order valence-corrected chi connectivity index (χ0v) is 24.8. The van der Waals surface area contributed by atoms with E-state index in [0.29, 0.717) is 23.5 Å². The molecule has 5 rings (SSSR count). The average molecular weight is 626 g/mol. The molecule has 1 fully saturated rings. The van der Waals surface area contributed by atoms with E-state index in [4.69, 9.17) is 27.9 Å². The minimum atomic E-state index is -1.73. The number of hydrogen-bond acceptors (Lipinski definition) is 7. The standard InChI is InChI=1S/C30H27Cl2F2N7O2/c1-29(2,3)14-23-30(15-35,20-12-9-17(31)13-22(20)33)24(19-5-4-6-21(32)25(19)34)27(37-23)43-28(42)36-18-10-7-16(8-11-18)26-38-40-41-39-26/h4-13,23-24,27,37H,14H2,1-3H3,(H,36,42)(H,38,39,40,41)/t23-,24-,27+,30-/m1/s1. The second kappa shape index (κ2) is 11.9. The Morgan fingerprint density at radius 1 is 1.14 bits per heavy atom. The monoisotopic (exact) mass is 625 g/mol. The molecular formula is C30H27Cl2F2N7O2. The van der Waals surface area contributed by atoms with E-state index in [-0.39, 0.29) is 26.6 Å². The van der Waals surface area contributed by atoms with Crippen LogP contribution in [0.5, 0.6) is 0 Å². The summed E-state index contributed by atoms with van der Waals surface area (Å²) in [5, 5.41) is 30.5. The first-order chi connectivity index (χ1) is 20.4. The number of ether oxygens (including phenoxy) is 1. The fourth-order valence-electron chi connectivity index (χ4n) is 5.62. The van der Waals surface area contributed by atoms with Gasteiger partial charge in [-0.3, -0.25) is 10.6 Å². The molecule has 0 bridgehead atoms. The number of benzene rings is 3. The minimum absolute atomic E-state index is 0.00502. The fraction of sp³-hybridized carbons (Fsp3) is 0.300. The molecule has 4 aromatic rings. The molecule has 222 valence electrons. The summed E-state index contributed by atoms with van der Waals surface area (Å²) in [7, 11) is 0. The van der Waals surface area contributed by atoms with Gasteiger partial charge in [0.1, 0.15) is 17.0 Å².